The molecule has 0 fully saturated rings. The Bertz CT molecular complexity index is 1520. The van der Waals surface area contributed by atoms with Crippen LogP contribution in [0.3, 0.4) is 0 Å². The van der Waals surface area contributed by atoms with Crippen LogP contribution in [-0.2, 0) is 0 Å². The molecule has 0 saturated carbocycles. The summed E-state index contributed by atoms with van der Waals surface area (Å²) in [6, 6.07) is -0.546. The molecule has 6 heteroatoms. The Kier molecular flexibility index (Phi) is 3.24. The highest BCUT2D eigenvalue weighted by molar-refractivity contribution is 6.10. The van der Waals surface area contributed by atoms with Gasteiger partial charge in [0, 0.05) is 56.9 Å². The topological polar surface area (TPSA) is 65.0 Å². The fourth-order valence-corrected chi connectivity index (χ4v) is 2.34. The van der Waals surface area contributed by atoms with Crippen molar-refractivity contribution in [1.82, 2.24) is 15.3 Å². The van der Waals surface area contributed by atoms with E-state index in [0.717, 1.165) is 12.1 Å². The maximum Gasteiger partial charge on any atom is 0.214 e. The molecule has 1 aromatic heterocycles. The molecule has 1 atom stereocenters. The lowest BCUT2D eigenvalue weighted by Crippen LogP contribution is -2.37. The van der Waals surface area contributed by atoms with Gasteiger partial charge in [0.1, 0.15) is 5.75 Å². The Morgan fingerprint density at radius 2 is 2.28 bits per heavy atom. The van der Waals surface area contributed by atoms with Crippen LogP contribution in [0.25, 0.3) is 10.9 Å². The van der Waals surface area contributed by atoms with Crippen LogP contribution in [0.5, 0.6) is 5.75 Å². The zero-order chi connectivity index (χ0) is 35.6. The van der Waals surface area contributed by atoms with Crippen LogP contribution in [0.2, 0.25) is 2.82 Å². The molecule has 0 spiro atoms. The average molecular weight is 416 g/mol. The van der Waals surface area contributed by atoms with Crippen LogP contribution >= 0.6 is 0 Å². The second-order valence-corrected chi connectivity index (χ2v) is 6.37. The number of hydrogen-bond donors (Lipinski definition) is 2. The third-order valence-electron chi connectivity index (χ3n) is 3.70. The van der Waals surface area contributed by atoms with Gasteiger partial charge < -0.3 is 15.0 Å². The molecule has 0 bridgehead atoms. The molecule has 0 amide bonds. The maximum atomic E-state index is 8.79. The number of aromatic amines is 1. The third kappa shape index (κ3) is 5.99. The highest BCUT2D eigenvalue weighted by Gasteiger charge is 2.13. The van der Waals surface area contributed by atoms with E-state index >= 15 is 0 Å². The van der Waals surface area contributed by atoms with Crippen molar-refractivity contribution in [1.29, 1.82) is 0 Å². The number of aliphatic imine (C=N–C) groups is 1. The van der Waals surface area contributed by atoms with Crippen LogP contribution in [0.1, 0.15) is 77.6 Å². The minimum atomic E-state index is -3.65. The quantitative estimate of drug-likeness (QED) is 0.365. The standard InChI is InChI=1S/C23H37N5O/c1-9-16(4)10-11-25-23(24-7)28(8)27-18(6)20-14-26-21-12-17(5)22(13-19(20)21)29-15(2)3/h12-16,26H,9-11H2,1-8H3,(H,24,25)/b27-18+/i1D3,9D2,10D2,11D2,12D,13D,14D,15D,16D/hD2. The molecule has 0 aliphatic carbocycles. The number of nitrogens with one attached hydrogen (secondary N) is 2. The molecule has 6 nitrogen and oxygen atoms in total. The lowest BCUT2D eigenvalue weighted by Gasteiger charge is -2.19. The Morgan fingerprint density at radius 1 is 1.52 bits per heavy atom. The van der Waals surface area contributed by atoms with E-state index in [-0.39, 0.29) is 50.9 Å². The van der Waals surface area contributed by atoms with E-state index in [1.807, 2.05) is 0 Å². The largest absolute Gasteiger partial charge is 0.491 e. The number of nitrogens with zero attached hydrogens (tertiary/aromatic N) is 3. The van der Waals surface area contributed by atoms with Crippen molar-refractivity contribution in [2.45, 2.75) is 60.3 Å². The van der Waals surface area contributed by atoms with Gasteiger partial charge in [0.2, 0.25) is 5.96 Å². The summed E-state index contributed by atoms with van der Waals surface area (Å²) in [6.07, 6.45) is -9.18. The summed E-state index contributed by atoms with van der Waals surface area (Å²) < 4.78 is 137. The number of H-pyrrole nitrogens is 1. The highest BCUT2D eigenvalue weighted by Crippen LogP contribution is 2.28. The van der Waals surface area contributed by atoms with Crippen molar-refractivity contribution in [2.24, 2.45) is 16.0 Å². The van der Waals surface area contributed by atoms with Crippen molar-refractivity contribution >= 4 is 22.6 Å². The molecule has 1 unspecified atom stereocenters. The third-order valence-corrected chi connectivity index (χ3v) is 3.70. The van der Waals surface area contributed by atoms with Gasteiger partial charge in [0.05, 0.1) is 17.3 Å². The Hall–Kier alpha value is -2.50. The van der Waals surface area contributed by atoms with E-state index in [2.05, 4.69) is 10.1 Å². The number of guanidine groups is 1. The van der Waals surface area contributed by atoms with E-state index in [4.69, 9.17) is 26.8 Å². The molecule has 0 radical (unpaired) electrons. The summed E-state index contributed by atoms with van der Waals surface area (Å²) in [5.41, 5.74) is -0.122. The fraction of sp³-hybridized carbons (Fsp3) is 0.565. The van der Waals surface area contributed by atoms with Gasteiger partial charge in [-0.05, 0) is 57.6 Å². The number of aromatic nitrogens is 1. The first kappa shape index (κ1) is 9.11. The summed E-state index contributed by atoms with van der Waals surface area (Å²) in [6.45, 7) is -0.805. The minimum Gasteiger partial charge on any atom is -0.491 e. The zero-order valence-electron chi connectivity index (χ0n) is 33.6. The number of hydrazone groups is 1. The van der Waals surface area contributed by atoms with Gasteiger partial charge in [-0.15, -0.1) is 0 Å². The maximum absolute atomic E-state index is 8.79. The van der Waals surface area contributed by atoms with Crippen molar-refractivity contribution in [2.75, 3.05) is 20.6 Å². The van der Waals surface area contributed by atoms with E-state index in [9.17, 15) is 0 Å². The fourth-order valence-electron chi connectivity index (χ4n) is 2.34. The van der Waals surface area contributed by atoms with Gasteiger partial charge in [-0.1, -0.05) is 20.1 Å². The molecule has 1 aromatic carbocycles. The molecule has 2 rings (SSSR count). The van der Waals surface area contributed by atoms with Crippen LogP contribution < -0.4 is 10.0 Å². The summed E-state index contributed by atoms with van der Waals surface area (Å²) in [4.78, 5) is 4.42. The second kappa shape index (κ2) is 10.3. The molecule has 0 saturated heterocycles. The van der Waals surface area contributed by atoms with Gasteiger partial charge in [0.15, 0.2) is 2.82 Å². The molecule has 2 aromatic rings. The van der Waals surface area contributed by atoms with Gasteiger partial charge in [-0.2, -0.15) is 5.10 Å². The Morgan fingerprint density at radius 3 is 2.93 bits per heavy atom. The molecular weight excluding hydrogens is 362 g/mol. The Balaban J connectivity index is 2.72. The normalized spacial score (nSPS) is 25.2. The Labute approximate surface area is 198 Å². The van der Waals surface area contributed by atoms with Crippen LogP contribution in [0.4, 0.5) is 0 Å². The van der Waals surface area contributed by atoms with Crippen molar-refractivity contribution in [3.8, 4) is 5.75 Å². The highest BCUT2D eigenvalue weighted by atomic mass is 16.5. The lowest BCUT2D eigenvalue weighted by molar-refractivity contribution is 0.241. The first-order chi connectivity index (χ1) is 19.9. The summed E-state index contributed by atoms with van der Waals surface area (Å²) in [5, 5.41) is 4.86. The lowest BCUT2D eigenvalue weighted by atomic mass is 10.1. The van der Waals surface area contributed by atoms with E-state index in [1.165, 1.54) is 34.7 Å². The zero-order valence-corrected chi connectivity index (χ0v) is 17.6. The summed E-state index contributed by atoms with van der Waals surface area (Å²) in [5.74, 6) is -4.05. The molecule has 160 valence electrons. The van der Waals surface area contributed by atoms with Gasteiger partial charge in [0.25, 0.3) is 0 Å². The monoisotopic (exact) mass is 415 g/mol. The van der Waals surface area contributed by atoms with E-state index in [0.29, 0.717) is 11.9 Å². The predicted molar refractivity (Wildman–Crippen MR) is 124 cm³/mol. The SMILES string of the molecule is [2H]c1c(OC([2H])(C)C)c(C)c([2H])c2c1c(/C(C)=N/N(C)/C(=N\C)N([2H])C([2H])([2H])C([2H])([2H])C([2H])(C)C([2H])([2H])C([2H])([2H])[2H])c([2H])n2[2H]. The van der Waals surface area contributed by atoms with Crippen molar-refractivity contribution < 1.29 is 26.8 Å². The van der Waals surface area contributed by atoms with Crippen LogP contribution in [0.15, 0.2) is 28.4 Å². The molecule has 2 N–H and O–H groups in total. The number of hydrogen-bond acceptors (Lipinski definition) is 3. The number of ether oxygens (including phenoxy) is 1. The summed E-state index contributed by atoms with van der Waals surface area (Å²) in [7, 11) is 2.29. The van der Waals surface area contributed by atoms with Gasteiger partial charge >= 0.3 is 0 Å². The molecule has 1 heterocycles. The van der Waals surface area contributed by atoms with Crippen LogP contribution in [-0.4, -0.2) is 48.3 Å². The van der Waals surface area contributed by atoms with Gasteiger partial charge in [-0.3, -0.25) is 4.99 Å². The first-order valence-electron chi connectivity index (χ1n) is 16.7. The smallest absolute Gasteiger partial charge is 0.214 e. The molecule has 29 heavy (non-hydrogen) atoms. The van der Waals surface area contributed by atoms with Crippen molar-refractivity contribution in [3.05, 3.63) is 29.4 Å². The molecule has 0 aliphatic rings. The van der Waals surface area contributed by atoms with Crippen molar-refractivity contribution in [3.63, 3.8) is 0 Å². The molecular formula is C23H37N5O. The van der Waals surface area contributed by atoms with E-state index < -0.39 is 50.2 Å². The average Bonchev–Trinajstić information content (AvgIpc) is 3.14. The number of rotatable bonds is 8. The minimum absolute atomic E-state index is 0.0688. The number of benzene rings is 1. The molecule has 0 aliphatic heterocycles. The number of fused-ring (bicyclic) bond motifs is 1. The predicted octanol–water partition coefficient (Wildman–Crippen LogP) is 4.93. The van der Waals surface area contributed by atoms with E-state index in [1.54, 1.807) is 0 Å². The first-order valence-corrected chi connectivity index (χ1v) is 8.82. The second-order valence-electron chi connectivity index (χ2n) is 6.37. The van der Waals surface area contributed by atoms with Gasteiger partial charge in [-0.25, -0.2) is 5.01 Å². The summed E-state index contributed by atoms with van der Waals surface area (Å²) >= 11 is 0. The van der Waals surface area contributed by atoms with Crippen LogP contribution in [0, 0.1) is 12.8 Å².